The molecule has 1 aliphatic carbocycles. The molecule has 0 nitrogen and oxygen atoms in total. The maximum atomic E-state index is 3.95. The highest BCUT2D eigenvalue weighted by atomic mass is 14.5. The second kappa shape index (κ2) is 1.73. The molecule has 0 N–H and O–H groups in total. The van der Waals surface area contributed by atoms with Crippen LogP contribution in [0.5, 0.6) is 0 Å². The van der Waals surface area contributed by atoms with E-state index in [0.29, 0.717) is 5.41 Å². The van der Waals surface area contributed by atoms with Crippen LogP contribution in [0.3, 0.4) is 0 Å². The Hall–Kier alpha value is -0.520. The minimum absolute atomic E-state index is 0.361. The Balaban J connectivity index is 2.75. The molecular formula is C9H14. The molecule has 9 heavy (non-hydrogen) atoms. The van der Waals surface area contributed by atoms with Gasteiger partial charge in [-0.1, -0.05) is 24.3 Å². The van der Waals surface area contributed by atoms with E-state index in [9.17, 15) is 0 Å². The van der Waals surface area contributed by atoms with Gasteiger partial charge >= 0.3 is 0 Å². The summed E-state index contributed by atoms with van der Waals surface area (Å²) < 4.78 is 0. The quantitative estimate of drug-likeness (QED) is 0.494. The van der Waals surface area contributed by atoms with Crippen LogP contribution in [-0.4, -0.2) is 0 Å². The summed E-state index contributed by atoms with van der Waals surface area (Å²) >= 11 is 0. The molecule has 0 atom stereocenters. The maximum absolute atomic E-state index is 3.95. The lowest BCUT2D eigenvalue weighted by Gasteiger charge is -2.13. The van der Waals surface area contributed by atoms with Gasteiger partial charge in [0, 0.05) is 5.41 Å². The molecule has 0 radical (unpaired) electrons. The number of rotatable bonds is 2. The summed E-state index contributed by atoms with van der Waals surface area (Å²) in [6.45, 7) is 12.1. The van der Waals surface area contributed by atoms with Crippen molar-refractivity contribution in [3.8, 4) is 0 Å². The van der Waals surface area contributed by atoms with Crippen LogP contribution in [0.4, 0.5) is 0 Å². The van der Waals surface area contributed by atoms with Gasteiger partial charge in [-0.3, -0.25) is 0 Å². The van der Waals surface area contributed by atoms with Crippen molar-refractivity contribution in [2.45, 2.75) is 26.7 Å². The van der Waals surface area contributed by atoms with E-state index in [1.165, 1.54) is 24.0 Å². The van der Waals surface area contributed by atoms with Crippen LogP contribution in [0.1, 0.15) is 26.7 Å². The molecule has 0 spiro atoms. The summed E-state index contributed by atoms with van der Waals surface area (Å²) in [6.07, 6.45) is 2.55. The van der Waals surface area contributed by atoms with Gasteiger partial charge in [0.25, 0.3) is 0 Å². The third kappa shape index (κ3) is 0.827. The zero-order chi connectivity index (χ0) is 7.07. The molecule has 0 heteroatoms. The van der Waals surface area contributed by atoms with E-state index < -0.39 is 0 Å². The number of hydrogen-bond donors (Lipinski definition) is 0. The fraction of sp³-hybridized carbons (Fsp3) is 0.556. The molecule has 1 fully saturated rings. The Bertz CT molecular complexity index is 143. The summed E-state index contributed by atoms with van der Waals surface area (Å²) in [5.41, 5.74) is 2.94. The van der Waals surface area contributed by atoms with E-state index in [4.69, 9.17) is 0 Å². The highest BCUT2D eigenvalue weighted by Crippen LogP contribution is 2.55. The largest absolute Gasteiger partial charge is 0.0993 e. The molecule has 0 aliphatic heterocycles. The van der Waals surface area contributed by atoms with Gasteiger partial charge in [-0.2, -0.15) is 0 Å². The SMILES string of the molecule is C=C(C)C1(C(=C)C)CC1. The molecule has 0 amide bonds. The summed E-state index contributed by atoms with van der Waals surface area (Å²) in [5.74, 6) is 0. The Morgan fingerprint density at radius 1 is 1.11 bits per heavy atom. The van der Waals surface area contributed by atoms with Crippen molar-refractivity contribution < 1.29 is 0 Å². The van der Waals surface area contributed by atoms with Crippen molar-refractivity contribution in [1.82, 2.24) is 0 Å². The van der Waals surface area contributed by atoms with Gasteiger partial charge in [0.05, 0.1) is 0 Å². The van der Waals surface area contributed by atoms with E-state index >= 15 is 0 Å². The first-order valence-corrected chi connectivity index (χ1v) is 3.41. The first-order valence-electron chi connectivity index (χ1n) is 3.41. The molecule has 0 aromatic heterocycles. The van der Waals surface area contributed by atoms with Gasteiger partial charge in [0.2, 0.25) is 0 Å². The lowest BCUT2D eigenvalue weighted by atomic mass is 9.92. The van der Waals surface area contributed by atoms with Crippen LogP contribution in [0.25, 0.3) is 0 Å². The molecule has 0 bridgehead atoms. The second-order valence-corrected chi connectivity index (χ2v) is 3.14. The molecule has 50 valence electrons. The van der Waals surface area contributed by atoms with E-state index in [1.807, 2.05) is 0 Å². The average Bonchev–Trinajstić information content (AvgIpc) is 2.40. The van der Waals surface area contributed by atoms with Crippen molar-refractivity contribution in [2.24, 2.45) is 5.41 Å². The predicted octanol–water partition coefficient (Wildman–Crippen LogP) is 2.92. The number of hydrogen-bond acceptors (Lipinski definition) is 0. The Morgan fingerprint density at radius 2 is 1.44 bits per heavy atom. The average molecular weight is 122 g/mol. The van der Waals surface area contributed by atoms with Crippen LogP contribution in [0, 0.1) is 5.41 Å². The summed E-state index contributed by atoms with van der Waals surface area (Å²) in [5, 5.41) is 0. The van der Waals surface area contributed by atoms with Gasteiger partial charge in [-0.15, -0.1) is 0 Å². The van der Waals surface area contributed by atoms with Gasteiger partial charge in [0.1, 0.15) is 0 Å². The molecule has 0 aromatic rings. The highest BCUT2D eigenvalue weighted by molar-refractivity contribution is 5.30. The van der Waals surface area contributed by atoms with Crippen molar-refractivity contribution in [3.63, 3.8) is 0 Å². The Kier molecular flexibility index (Phi) is 1.27. The fourth-order valence-electron chi connectivity index (χ4n) is 1.34. The third-order valence-corrected chi connectivity index (χ3v) is 2.38. The van der Waals surface area contributed by atoms with E-state index in [1.54, 1.807) is 0 Å². The number of allylic oxidation sites excluding steroid dienone is 2. The van der Waals surface area contributed by atoms with Crippen molar-refractivity contribution >= 4 is 0 Å². The van der Waals surface area contributed by atoms with E-state index in [0.717, 1.165) is 0 Å². The standard InChI is InChI=1S/C9H14/c1-7(2)9(5-6-9)8(3)4/h1,3,5-6H2,2,4H3. The summed E-state index contributed by atoms with van der Waals surface area (Å²) in [4.78, 5) is 0. The van der Waals surface area contributed by atoms with Gasteiger partial charge < -0.3 is 0 Å². The van der Waals surface area contributed by atoms with Crippen LogP contribution in [0.15, 0.2) is 24.3 Å². The molecule has 1 rings (SSSR count). The Morgan fingerprint density at radius 3 is 1.44 bits per heavy atom. The van der Waals surface area contributed by atoms with E-state index in [-0.39, 0.29) is 0 Å². The van der Waals surface area contributed by atoms with Crippen LogP contribution >= 0.6 is 0 Å². The zero-order valence-corrected chi connectivity index (χ0v) is 6.33. The minimum atomic E-state index is 0.361. The molecule has 1 aliphatic rings. The van der Waals surface area contributed by atoms with Crippen LogP contribution in [-0.2, 0) is 0 Å². The molecular weight excluding hydrogens is 108 g/mol. The van der Waals surface area contributed by atoms with Gasteiger partial charge in [0.15, 0.2) is 0 Å². The highest BCUT2D eigenvalue weighted by Gasteiger charge is 2.43. The predicted molar refractivity (Wildman–Crippen MR) is 41.3 cm³/mol. The molecule has 1 saturated carbocycles. The smallest absolute Gasteiger partial charge is 0.0110 e. The van der Waals surface area contributed by atoms with Crippen molar-refractivity contribution in [3.05, 3.63) is 24.3 Å². The summed E-state index contributed by atoms with van der Waals surface area (Å²) in [7, 11) is 0. The maximum Gasteiger partial charge on any atom is 0.0110 e. The first kappa shape index (κ1) is 6.60. The minimum Gasteiger partial charge on any atom is -0.0993 e. The second-order valence-electron chi connectivity index (χ2n) is 3.14. The van der Waals surface area contributed by atoms with E-state index in [2.05, 4.69) is 27.0 Å². The molecule has 0 unspecified atom stereocenters. The molecule has 0 aromatic carbocycles. The lowest BCUT2D eigenvalue weighted by molar-refractivity contribution is 0.732. The zero-order valence-electron chi connectivity index (χ0n) is 6.33. The van der Waals surface area contributed by atoms with Gasteiger partial charge in [-0.25, -0.2) is 0 Å². The van der Waals surface area contributed by atoms with Crippen molar-refractivity contribution in [1.29, 1.82) is 0 Å². The van der Waals surface area contributed by atoms with Crippen molar-refractivity contribution in [2.75, 3.05) is 0 Å². The Labute approximate surface area is 57.3 Å². The first-order chi connectivity index (χ1) is 4.09. The monoisotopic (exact) mass is 122 g/mol. The van der Waals surface area contributed by atoms with Crippen LogP contribution in [0.2, 0.25) is 0 Å². The van der Waals surface area contributed by atoms with Crippen LogP contribution < -0.4 is 0 Å². The third-order valence-electron chi connectivity index (χ3n) is 2.38. The topological polar surface area (TPSA) is 0 Å². The van der Waals surface area contributed by atoms with Gasteiger partial charge in [-0.05, 0) is 26.7 Å². The molecule has 0 saturated heterocycles. The normalized spacial score (nSPS) is 21.1. The lowest BCUT2D eigenvalue weighted by Crippen LogP contribution is -2.00. The summed E-state index contributed by atoms with van der Waals surface area (Å²) in [6, 6.07) is 0. The molecule has 0 heterocycles. The fourth-order valence-corrected chi connectivity index (χ4v) is 1.34.